The largest absolute Gasteiger partial charge is 0.452 e. The summed E-state index contributed by atoms with van der Waals surface area (Å²) in [6, 6.07) is 15.5. The van der Waals surface area contributed by atoms with Gasteiger partial charge in [0.05, 0.1) is 17.4 Å². The van der Waals surface area contributed by atoms with Gasteiger partial charge in [0.25, 0.3) is 5.91 Å². The van der Waals surface area contributed by atoms with Crippen molar-refractivity contribution in [3.8, 4) is 0 Å². The molecule has 6 nitrogen and oxygen atoms in total. The molecule has 3 rings (SSSR count). The number of aryl methyl sites for hydroxylation is 1. The smallest absolute Gasteiger partial charge is 0.338 e. The molecule has 1 aliphatic rings. The summed E-state index contributed by atoms with van der Waals surface area (Å²) in [6.45, 7) is 1.68. The third-order valence-corrected chi connectivity index (χ3v) is 5.82. The quantitative estimate of drug-likeness (QED) is 0.697. The second-order valence-corrected chi connectivity index (χ2v) is 8.61. The monoisotopic (exact) mass is 399 g/mol. The highest BCUT2D eigenvalue weighted by Gasteiger charge is 2.30. The molecule has 0 saturated carbocycles. The number of hydrogen-bond acceptors (Lipinski definition) is 5. The first-order chi connectivity index (χ1) is 13.3. The zero-order valence-electron chi connectivity index (χ0n) is 15.4. The van der Waals surface area contributed by atoms with Crippen molar-refractivity contribution in [1.82, 2.24) is 4.90 Å². The standard InChI is InChI=1S/C21H21NO5S/c1-16-7-9-18(10-8-16)21(24)27-14-20(23)22(13-17-5-3-2-4-6-17)19-11-12-28(25,26)15-19/h2-12,19H,13-15H2,1H3/t19-/m1/s1. The molecule has 2 aromatic rings. The molecule has 0 bridgehead atoms. The molecule has 0 aliphatic carbocycles. The summed E-state index contributed by atoms with van der Waals surface area (Å²) in [7, 11) is -3.33. The number of esters is 1. The van der Waals surface area contributed by atoms with E-state index < -0.39 is 34.4 Å². The van der Waals surface area contributed by atoms with Gasteiger partial charge in [-0.05, 0) is 30.7 Å². The Labute approximate surface area is 164 Å². The Kier molecular flexibility index (Phi) is 5.94. The van der Waals surface area contributed by atoms with Crippen molar-refractivity contribution >= 4 is 21.7 Å². The van der Waals surface area contributed by atoms with Crippen molar-refractivity contribution in [3.63, 3.8) is 0 Å². The molecule has 146 valence electrons. The minimum atomic E-state index is -3.33. The van der Waals surface area contributed by atoms with E-state index in [-0.39, 0.29) is 12.3 Å². The Balaban J connectivity index is 1.70. The van der Waals surface area contributed by atoms with Crippen LogP contribution in [0.2, 0.25) is 0 Å². The Morgan fingerprint density at radius 2 is 1.75 bits per heavy atom. The summed E-state index contributed by atoms with van der Waals surface area (Å²) >= 11 is 0. The van der Waals surface area contributed by atoms with Crippen LogP contribution in [0.3, 0.4) is 0 Å². The van der Waals surface area contributed by atoms with Crippen molar-refractivity contribution in [2.75, 3.05) is 12.4 Å². The minimum Gasteiger partial charge on any atom is -0.452 e. The molecular weight excluding hydrogens is 378 g/mol. The van der Waals surface area contributed by atoms with Gasteiger partial charge < -0.3 is 9.64 Å². The van der Waals surface area contributed by atoms with Gasteiger partial charge >= 0.3 is 5.97 Å². The van der Waals surface area contributed by atoms with E-state index in [9.17, 15) is 18.0 Å². The van der Waals surface area contributed by atoms with Crippen LogP contribution in [0.25, 0.3) is 0 Å². The van der Waals surface area contributed by atoms with Crippen LogP contribution in [-0.4, -0.2) is 43.6 Å². The molecule has 0 saturated heterocycles. The molecule has 0 N–H and O–H groups in total. The van der Waals surface area contributed by atoms with Crippen LogP contribution in [0.15, 0.2) is 66.1 Å². The summed E-state index contributed by atoms with van der Waals surface area (Å²) in [5.41, 5.74) is 2.23. The maximum Gasteiger partial charge on any atom is 0.338 e. The second kappa shape index (κ2) is 8.39. The van der Waals surface area contributed by atoms with Gasteiger partial charge in [0, 0.05) is 12.0 Å². The first-order valence-corrected chi connectivity index (χ1v) is 10.5. The molecule has 0 spiro atoms. The lowest BCUT2D eigenvalue weighted by atomic mass is 10.1. The van der Waals surface area contributed by atoms with Gasteiger partial charge in [-0.1, -0.05) is 48.0 Å². The van der Waals surface area contributed by atoms with Gasteiger partial charge in [-0.3, -0.25) is 4.79 Å². The van der Waals surface area contributed by atoms with E-state index in [0.717, 1.165) is 16.5 Å². The Morgan fingerprint density at radius 3 is 2.36 bits per heavy atom. The Bertz CT molecular complexity index is 981. The minimum absolute atomic E-state index is 0.169. The van der Waals surface area contributed by atoms with Gasteiger partial charge in [0.2, 0.25) is 0 Å². The number of ether oxygens (including phenoxy) is 1. The zero-order valence-corrected chi connectivity index (χ0v) is 16.3. The fourth-order valence-electron chi connectivity index (χ4n) is 2.91. The number of carbonyl (C=O) groups excluding carboxylic acids is 2. The highest BCUT2D eigenvalue weighted by atomic mass is 32.2. The predicted octanol–water partition coefficient (Wildman–Crippen LogP) is 2.49. The molecule has 1 heterocycles. The van der Waals surface area contributed by atoms with Crippen LogP contribution in [0, 0.1) is 6.92 Å². The molecule has 0 fully saturated rings. The zero-order chi connectivity index (χ0) is 20.1. The van der Waals surface area contributed by atoms with Crippen molar-refractivity contribution in [2.24, 2.45) is 0 Å². The maximum atomic E-state index is 12.8. The lowest BCUT2D eigenvalue weighted by Gasteiger charge is -2.27. The van der Waals surface area contributed by atoms with E-state index in [1.54, 1.807) is 24.3 Å². The van der Waals surface area contributed by atoms with Gasteiger partial charge in [-0.2, -0.15) is 0 Å². The molecule has 0 unspecified atom stereocenters. The molecule has 0 aromatic heterocycles. The van der Waals surface area contributed by atoms with E-state index in [1.165, 1.54) is 11.0 Å². The van der Waals surface area contributed by atoms with Crippen molar-refractivity contribution in [2.45, 2.75) is 19.5 Å². The summed E-state index contributed by atoms with van der Waals surface area (Å²) in [5, 5.41) is 1.13. The van der Waals surface area contributed by atoms with Crippen molar-refractivity contribution < 1.29 is 22.7 Å². The molecule has 0 radical (unpaired) electrons. The first-order valence-electron chi connectivity index (χ1n) is 8.82. The fraction of sp³-hybridized carbons (Fsp3) is 0.238. The van der Waals surface area contributed by atoms with Gasteiger partial charge in [-0.15, -0.1) is 0 Å². The van der Waals surface area contributed by atoms with E-state index in [2.05, 4.69) is 0 Å². The average Bonchev–Trinajstić information content (AvgIpc) is 3.04. The van der Waals surface area contributed by atoms with E-state index in [1.807, 2.05) is 37.3 Å². The number of hydrogen-bond donors (Lipinski definition) is 0. The fourth-order valence-corrected chi connectivity index (χ4v) is 4.21. The number of sulfone groups is 1. The maximum absolute atomic E-state index is 12.8. The normalized spacial score (nSPS) is 17.2. The predicted molar refractivity (Wildman–Crippen MR) is 105 cm³/mol. The Hall–Kier alpha value is -2.93. The van der Waals surface area contributed by atoms with Gasteiger partial charge in [0.1, 0.15) is 0 Å². The van der Waals surface area contributed by atoms with Crippen LogP contribution in [0.1, 0.15) is 21.5 Å². The molecule has 1 amide bonds. The summed E-state index contributed by atoms with van der Waals surface area (Å²) < 4.78 is 28.7. The number of carbonyl (C=O) groups is 2. The lowest BCUT2D eigenvalue weighted by molar-refractivity contribution is -0.136. The van der Waals surface area contributed by atoms with Crippen molar-refractivity contribution in [1.29, 1.82) is 0 Å². The van der Waals surface area contributed by atoms with Gasteiger partial charge in [0.15, 0.2) is 16.4 Å². The van der Waals surface area contributed by atoms with Gasteiger partial charge in [-0.25, -0.2) is 13.2 Å². The summed E-state index contributed by atoms with van der Waals surface area (Å²) in [4.78, 5) is 26.3. The lowest BCUT2D eigenvalue weighted by Crippen LogP contribution is -2.42. The highest BCUT2D eigenvalue weighted by molar-refractivity contribution is 7.94. The average molecular weight is 399 g/mol. The number of nitrogens with zero attached hydrogens (tertiary/aromatic N) is 1. The van der Waals surface area contributed by atoms with Crippen LogP contribution in [-0.2, 0) is 25.9 Å². The highest BCUT2D eigenvalue weighted by Crippen LogP contribution is 2.18. The molecule has 7 heteroatoms. The van der Waals surface area contributed by atoms with Crippen LogP contribution in [0.4, 0.5) is 0 Å². The molecular formula is C21H21NO5S. The molecule has 28 heavy (non-hydrogen) atoms. The third kappa shape index (κ3) is 5.07. The van der Waals surface area contributed by atoms with Crippen molar-refractivity contribution in [3.05, 3.63) is 82.8 Å². The summed E-state index contributed by atoms with van der Waals surface area (Å²) in [5.74, 6) is -1.21. The van der Waals surface area contributed by atoms with Crippen LogP contribution < -0.4 is 0 Å². The molecule has 1 aliphatic heterocycles. The van der Waals surface area contributed by atoms with E-state index in [0.29, 0.717) is 5.56 Å². The van der Waals surface area contributed by atoms with E-state index >= 15 is 0 Å². The second-order valence-electron chi connectivity index (χ2n) is 6.67. The Morgan fingerprint density at radius 1 is 1.07 bits per heavy atom. The SMILES string of the molecule is Cc1ccc(C(=O)OCC(=O)N(Cc2ccccc2)[C@@H]2C=CS(=O)(=O)C2)cc1. The number of benzene rings is 2. The topological polar surface area (TPSA) is 80.8 Å². The first kappa shape index (κ1) is 19.8. The molecule has 2 aromatic carbocycles. The number of amides is 1. The third-order valence-electron chi connectivity index (χ3n) is 4.44. The molecule has 1 atom stereocenters. The van der Waals surface area contributed by atoms with E-state index in [4.69, 9.17) is 4.74 Å². The number of rotatable bonds is 6. The van der Waals surface area contributed by atoms with Crippen LogP contribution in [0.5, 0.6) is 0 Å². The summed E-state index contributed by atoms with van der Waals surface area (Å²) in [6.07, 6.45) is 1.50. The van der Waals surface area contributed by atoms with Crippen LogP contribution >= 0.6 is 0 Å².